The third-order valence-corrected chi connectivity index (χ3v) is 13.5. The van der Waals surface area contributed by atoms with Gasteiger partial charge in [0.05, 0.1) is 28.7 Å². The van der Waals surface area contributed by atoms with Crippen molar-refractivity contribution in [1.82, 2.24) is 40.2 Å². The maximum atomic E-state index is 12.5. The number of H-pyrrole nitrogens is 5. The number of amides is 2. The zero-order chi connectivity index (χ0) is 58.4. The Morgan fingerprint density at radius 1 is 0.671 bits per heavy atom. The summed E-state index contributed by atoms with van der Waals surface area (Å²) in [6.07, 6.45) is 9.85. The van der Waals surface area contributed by atoms with Crippen LogP contribution in [-0.4, -0.2) is 87.0 Å². The topological polar surface area (TPSA) is 379 Å². The number of nitrogens with one attached hydrogen (secondary N) is 7. The summed E-state index contributed by atoms with van der Waals surface area (Å²) in [6, 6.07) is 25.0. The number of aromatic carboxylic acids is 2. The molecule has 0 bridgehead atoms. The number of aromatic amines is 5. The Hall–Kier alpha value is -10.9. The molecule has 1 aliphatic heterocycles. The predicted octanol–water partition coefficient (Wildman–Crippen LogP) is 9.17. The highest BCUT2D eigenvalue weighted by Crippen LogP contribution is 2.33. The molecule has 8 heterocycles. The molecule has 82 heavy (non-hydrogen) atoms. The number of anilines is 2. The fourth-order valence-corrected chi connectivity index (χ4v) is 9.16. The van der Waals surface area contributed by atoms with E-state index in [-0.39, 0.29) is 47.4 Å². The fraction of sp³-hybridized carbons (Fsp3) is 0.103. The number of halogens is 2. The third-order valence-electron chi connectivity index (χ3n) is 12.7. The summed E-state index contributed by atoms with van der Waals surface area (Å²) in [5.74, 6) is -3.90. The molecule has 12 rings (SSSR count). The van der Waals surface area contributed by atoms with Crippen LogP contribution in [0.1, 0.15) is 78.5 Å². The minimum absolute atomic E-state index is 0. The van der Waals surface area contributed by atoms with Crippen LogP contribution in [0.5, 0.6) is 0 Å². The molecule has 3 aromatic carbocycles. The van der Waals surface area contributed by atoms with Crippen molar-refractivity contribution in [2.75, 3.05) is 17.6 Å². The van der Waals surface area contributed by atoms with E-state index in [0.29, 0.717) is 40.2 Å². The van der Waals surface area contributed by atoms with Crippen molar-refractivity contribution >= 4 is 124 Å². The number of carboxylic acid groups (broad SMARTS) is 2. The lowest BCUT2D eigenvalue weighted by Gasteiger charge is -2.19. The van der Waals surface area contributed by atoms with Gasteiger partial charge in [0.25, 0.3) is 22.9 Å². The molecule has 22 nitrogen and oxygen atoms in total. The molecule has 0 saturated heterocycles. The molecule has 0 radical (unpaired) electrons. The highest BCUT2D eigenvalue weighted by Gasteiger charge is 2.33. The maximum Gasteiger partial charge on any atom is 0.335 e. The number of nitrogens with two attached hydrogens (primary N) is 1. The normalized spacial score (nSPS) is 13.4. The SMILES string of the molecule is C.CC1CNC(=O)c2[nH]c3ccc(C(=O)O)cc3c21.Cc1c[nH]c(=O)c2[nH]c3ccc(C(=O)Nc4cccnc4)cc3c12.Cc1c[nH]c(=O)c2[nH]c3ccc(C(=O)O)cc3c12.N#CC1=C(C#N)C(=O)C(Cl)=C(Cl)C1=O.Nc1cccnc1. The van der Waals surface area contributed by atoms with Crippen LogP contribution in [0.3, 0.4) is 0 Å². The van der Waals surface area contributed by atoms with Gasteiger partial charge in [-0.05, 0) is 109 Å². The minimum Gasteiger partial charge on any atom is -0.478 e. The van der Waals surface area contributed by atoms with Gasteiger partial charge in [0, 0.05) is 92.5 Å². The smallest absolute Gasteiger partial charge is 0.335 e. The summed E-state index contributed by atoms with van der Waals surface area (Å²) in [5, 5.41) is 43.7. The zero-order valence-corrected chi connectivity index (χ0v) is 44.0. The lowest BCUT2D eigenvalue weighted by molar-refractivity contribution is -0.115. The van der Waals surface area contributed by atoms with Gasteiger partial charge in [0.15, 0.2) is 0 Å². The first-order valence-corrected chi connectivity index (χ1v) is 24.7. The van der Waals surface area contributed by atoms with E-state index in [2.05, 4.69) is 45.5 Å². The van der Waals surface area contributed by atoms with Crippen molar-refractivity contribution in [1.29, 1.82) is 10.5 Å². The number of nitrogens with zero attached hydrogens (tertiary/aromatic N) is 4. The molecule has 10 aromatic rings. The first-order chi connectivity index (χ1) is 38.7. The average molecular weight is 1140 g/mol. The van der Waals surface area contributed by atoms with Crippen LogP contribution in [0, 0.1) is 36.5 Å². The monoisotopic (exact) mass is 1140 g/mol. The van der Waals surface area contributed by atoms with Crippen molar-refractivity contribution in [3.05, 3.63) is 197 Å². The zero-order valence-electron chi connectivity index (χ0n) is 42.5. The molecular formula is C58H46Cl2N12O10. The largest absolute Gasteiger partial charge is 0.478 e. The van der Waals surface area contributed by atoms with Crippen molar-refractivity contribution in [2.24, 2.45) is 0 Å². The van der Waals surface area contributed by atoms with E-state index in [1.54, 1.807) is 97.8 Å². The van der Waals surface area contributed by atoms with E-state index >= 15 is 0 Å². The van der Waals surface area contributed by atoms with Crippen LogP contribution in [0.15, 0.2) is 147 Å². The number of Topliss-reactive ketones (excluding diaryl/α,β-unsaturated/α-hetero) is 2. The first-order valence-electron chi connectivity index (χ1n) is 24.0. The number of pyridine rings is 4. The standard InChI is InChI=1S/C18H14N4O2.C13H12N2O3.C13H10N2O3.C8Cl2N2O2.C5H6N2.CH4/c1-10-8-20-18(24)16-15(10)13-7-11(4-5-14(13)22-16)17(23)21-12-3-2-6-19-9-12;2*1-6-5-14-12(16)11-10(6)8-4-7(13(17)18)2-3-9(8)15-11;9-5-6(10)8(14)4(2-12)3(1-11)7(5)13;6-5-2-1-3-7-4-5;/h2-9,22H,1H3,(H,20,24)(H,21,23);2-4,6,15H,5H2,1H3,(H,14,16)(H,17,18);2-5,15H,1H3,(H,14,16)(H,17,18);;1-4H,6H2;1H4. The number of ketones is 2. The summed E-state index contributed by atoms with van der Waals surface area (Å²) in [6.45, 7) is 6.39. The van der Waals surface area contributed by atoms with Gasteiger partial charge < -0.3 is 51.5 Å². The summed E-state index contributed by atoms with van der Waals surface area (Å²) in [7, 11) is 0. The number of benzene rings is 3. The maximum absolute atomic E-state index is 12.5. The fourth-order valence-electron chi connectivity index (χ4n) is 8.80. The Labute approximate surface area is 472 Å². The van der Waals surface area contributed by atoms with Crippen LogP contribution in [0.25, 0.3) is 54.5 Å². The second-order valence-corrected chi connectivity index (χ2v) is 18.8. The second-order valence-electron chi connectivity index (χ2n) is 18.0. The number of nitrogen functional groups attached to an aromatic ring is 1. The van der Waals surface area contributed by atoms with E-state index in [1.165, 1.54) is 24.3 Å². The van der Waals surface area contributed by atoms with Crippen molar-refractivity contribution in [2.45, 2.75) is 34.1 Å². The summed E-state index contributed by atoms with van der Waals surface area (Å²) in [5.41, 5.74) is 12.8. The summed E-state index contributed by atoms with van der Waals surface area (Å²) < 4.78 is 0. The van der Waals surface area contributed by atoms with Gasteiger partial charge in [-0.3, -0.25) is 38.7 Å². The Morgan fingerprint density at radius 3 is 1.57 bits per heavy atom. The molecule has 2 amide bonds. The lowest BCUT2D eigenvalue weighted by Crippen LogP contribution is -2.33. The quantitative estimate of drug-likeness (QED) is 0.0734. The second kappa shape index (κ2) is 24.8. The van der Waals surface area contributed by atoms with Crippen LogP contribution in [0.4, 0.5) is 11.4 Å². The molecule has 412 valence electrons. The number of nitriles is 2. The Balaban J connectivity index is 0.000000153. The molecule has 0 fully saturated rings. The number of aryl methyl sites for hydroxylation is 2. The van der Waals surface area contributed by atoms with Gasteiger partial charge in [-0.2, -0.15) is 10.5 Å². The molecule has 2 aliphatic rings. The number of hydrogen-bond donors (Lipinski definition) is 10. The minimum atomic E-state index is -0.978. The Kier molecular flexibility index (Phi) is 17.8. The predicted molar refractivity (Wildman–Crippen MR) is 310 cm³/mol. The van der Waals surface area contributed by atoms with E-state index in [1.807, 2.05) is 26.8 Å². The summed E-state index contributed by atoms with van der Waals surface area (Å²) in [4.78, 5) is 115. The molecule has 0 saturated carbocycles. The van der Waals surface area contributed by atoms with Crippen LogP contribution >= 0.6 is 23.2 Å². The van der Waals surface area contributed by atoms with Crippen LogP contribution in [-0.2, 0) is 9.59 Å². The molecule has 7 aromatic heterocycles. The number of aromatic nitrogens is 7. The number of hydrogen-bond acceptors (Lipinski definition) is 13. The van der Waals surface area contributed by atoms with E-state index in [9.17, 15) is 38.4 Å². The summed E-state index contributed by atoms with van der Waals surface area (Å²) >= 11 is 10.8. The van der Waals surface area contributed by atoms with E-state index in [0.717, 1.165) is 60.2 Å². The van der Waals surface area contributed by atoms with Crippen LogP contribution in [0.2, 0.25) is 0 Å². The molecule has 11 N–H and O–H groups in total. The van der Waals surface area contributed by atoms with Crippen LogP contribution < -0.4 is 27.5 Å². The van der Waals surface area contributed by atoms with Gasteiger partial charge >= 0.3 is 11.9 Å². The first kappa shape index (κ1) is 58.7. The highest BCUT2D eigenvalue weighted by atomic mass is 35.5. The molecule has 0 spiro atoms. The number of rotatable bonds is 4. The molecule has 1 unspecified atom stereocenters. The van der Waals surface area contributed by atoms with Crippen molar-refractivity contribution in [3.63, 3.8) is 0 Å². The molecule has 1 atom stereocenters. The number of carbonyl (C=O) groups excluding carboxylic acids is 4. The van der Waals surface area contributed by atoms with Gasteiger partial charge in [-0.25, -0.2) is 9.59 Å². The van der Waals surface area contributed by atoms with Gasteiger partial charge in [-0.1, -0.05) is 37.6 Å². The third kappa shape index (κ3) is 12.0. The average Bonchev–Trinajstić information content (AvgIpc) is 4.25. The van der Waals surface area contributed by atoms with E-state index in [4.69, 9.17) is 49.7 Å². The lowest BCUT2D eigenvalue weighted by atomic mass is 9.94. The highest BCUT2D eigenvalue weighted by molar-refractivity contribution is 6.59. The molecular weight excluding hydrogens is 1100 g/mol. The molecule has 24 heteroatoms. The number of fused-ring (bicyclic) bond motifs is 9. The van der Waals surface area contributed by atoms with Crippen molar-refractivity contribution in [3.8, 4) is 12.1 Å². The molecule has 1 aliphatic carbocycles. The van der Waals surface area contributed by atoms with E-state index < -0.39 is 44.7 Å². The van der Waals surface area contributed by atoms with Gasteiger partial charge in [0.2, 0.25) is 11.6 Å². The Morgan fingerprint density at radius 2 is 1.13 bits per heavy atom. The van der Waals surface area contributed by atoms with Crippen molar-refractivity contribution < 1.29 is 39.0 Å². The van der Waals surface area contributed by atoms with Gasteiger partial charge in [-0.15, -0.1) is 0 Å². The number of carbonyl (C=O) groups is 6. The van der Waals surface area contributed by atoms with Gasteiger partial charge in [0.1, 0.15) is 50.1 Å². The number of allylic oxidation sites excluding steroid dienone is 4. The number of carboxylic acids is 2. The Bertz CT molecular complexity index is 4480.